The first-order chi connectivity index (χ1) is 18.7. The van der Waals surface area contributed by atoms with Crippen molar-refractivity contribution < 1.29 is 17.9 Å². The molecule has 1 aliphatic heterocycles. The molecule has 0 bridgehead atoms. The summed E-state index contributed by atoms with van der Waals surface area (Å²) in [5, 5.41) is 5.89. The molecule has 12 nitrogen and oxygen atoms in total. The quantitative estimate of drug-likeness (QED) is 0.268. The van der Waals surface area contributed by atoms with Gasteiger partial charge in [-0.2, -0.15) is 9.97 Å². The van der Waals surface area contributed by atoms with Crippen LogP contribution >= 0.6 is 0 Å². The first kappa shape index (κ1) is 26.1. The Bertz CT molecular complexity index is 1620. The van der Waals surface area contributed by atoms with E-state index in [1.807, 2.05) is 31.3 Å². The van der Waals surface area contributed by atoms with Gasteiger partial charge in [0.15, 0.2) is 11.2 Å². The Hall–Kier alpha value is -4.49. The highest BCUT2D eigenvalue weighted by Crippen LogP contribution is 2.30. The number of carbonyl (C=O) groups is 1. The summed E-state index contributed by atoms with van der Waals surface area (Å²) in [6.45, 7) is 4.46. The first-order valence-electron chi connectivity index (χ1n) is 12.2. The highest BCUT2D eigenvalue weighted by molar-refractivity contribution is 7.88. The van der Waals surface area contributed by atoms with Crippen LogP contribution in [-0.2, 0) is 14.8 Å². The van der Waals surface area contributed by atoms with Gasteiger partial charge < -0.3 is 25.3 Å². The van der Waals surface area contributed by atoms with Crippen LogP contribution in [0.15, 0.2) is 67.5 Å². The maximum absolute atomic E-state index is 11.9. The van der Waals surface area contributed by atoms with Gasteiger partial charge in [0.2, 0.25) is 21.9 Å². The zero-order chi connectivity index (χ0) is 27.6. The fourth-order valence-corrected chi connectivity index (χ4v) is 5.21. The van der Waals surface area contributed by atoms with Crippen LogP contribution in [0.5, 0.6) is 11.6 Å². The summed E-state index contributed by atoms with van der Waals surface area (Å²) in [6.07, 6.45) is 4.72. The van der Waals surface area contributed by atoms with Gasteiger partial charge >= 0.3 is 0 Å². The minimum Gasteiger partial charge on any atom is -0.437 e. The number of imidazole rings is 1. The smallest absolute Gasteiger partial charge is 0.252 e. The Labute approximate surface area is 225 Å². The van der Waals surface area contributed by atoms with E-state index in [9.17, 15) is 13.2 Å². The fraction of sp³-hybridized carbons (Fsp3) is 0.231. The maximum atomic E-state index is 11.9. The molecular weight excluding hydrogens is 520 g/mol. The van der Waals surface area contributed by atoms with Crippen LogP contribution in [-0.4, -0.2) is 71.0 Å². The predicted octanol–water partition coefficient (Wildman–Crippen LogP) is 3.48. The zero-order valence-corrected chi connectivity index (χ0v) is 22.3. The van der Waals surface area contributed by atoms with Gasteiger partial charge in [0.25, 0.3) is 5.88 Å². The molecule has 3 N–H and O–H groups in total. The molecule has 0 saturated carbocycles. The summed E-state index contributed by atoms with van der Waals surface area (Å²) in [5.74, 6) is 0.675. The number of nitrogens with one attached hydrogen (secondary N) is 3. The summed E-state index contributed by atoms with van der Waals surface area (Å²) in [7, 11) is -1.22. The molecule has 1 aliphatic rings. The number of amides is 1. The normalized spacial score (nSPS) is 15.7. The Morgan fingerprint density at radius 2 is 2.00 bits per heavy atom. The predicted molar refractivity (Wildman–Crippen MR) is 150 cm³/mol. The van der Waals surface area contributed by atoms with Crippen molar-refractivity contribution in [3.8, 4) is 11.6 Å². The number of likely N-dealkylation sites (N-methyl/N-ethyl adjacent to an activating group) is 1. The number of aromatic amines is 1. The Morgan fingerprint density at radius 1 is 1.21 bits per heavy atom. The molecule has 0 radical (unpaired) electrons. The molecule has 2 aromatic carbocycles. The van der Waals surface area contributed by atoms with Crippen molar-refractivity contribution in [2.45, 2.75) is 12.5 Å². The Kier molecular flexibility index (Phi) is 7.17. The number of carbonyl (C=O) groups excluding carboxylic acids is 1. The van der Waals surface area contributed by atoms with Gasteiger partial charge in [-0.25, -0.2) is 17.7 Å². The van der Waals surface area contributed by atoms with Crippen LogP contribution in [0.1, 0.15) is 6.42 Å². The van der Waals surface area contributed by atoms with Gasteiger partial charge in [-0.1, -0.05) is 12.6 Å². The summed E-state index contributed by atoms with van der Waals surface area (Å²) >= 11 is 0. The molecule has 2 aromatic heterocycles. The van der Waals surface area contributed by atoms with E-state index < -0.39 is 10.0 Å². The third-order valence-corrected chi connectivity index (χ3v) is 7.69. The van der Waals surface area contributed by atoms with E-state index in [1.54, 1.807) is 24.3 Å². The van der Waals surface area contributed by atoms with Crippen LogP contribution in [0.4, 0.5) is 23.0 Å². The number of hydrogen-bond donors (Lipinski definition) is 3. The lowest BCUT2D eigenvalue weighted by Crippen LogP contribution is -2.36. The molecule has 5 rings (SSSR count). The lowest BCUT2D eigenvalue weighted by atomic mass is 10.2. The average Bonchev–Trinajstić information content (AvgIpc) is 3.59. The van der Waals surface area contributed by atoms with Crippen molar-refractivity contribution in [3.63, 3.8) is 0 Å². The van der Waals surface area contributed by atoms with Gasteiger partial charge in [0.05, 0.1) is 12.6 Å². The number of hydrogen-bond acceptors (Lipinski definition) is 9. The molecule has 0 unspecified atom stereocenters. The third kappa shape index (κ3) is 5.99. The fourth-order valence-electron chi connectivity index (χ4n) is 4.33. The second kappa shape index (κ2) is 10.7. The minimum absolute atomic E-state index is 0.105. The highest BCUT2D eigenvalue weighted by Gasteiger charge is 2.31. The number of sulfonamides is 1. The lowest BCUT2D eigenvalue weighted by molar-refractivity contribution is -0.111. The third-order valence-electron chi connectivity index (χ3n) is 6.42. The van der Waals surface area contributed by atoms with E-state index in [4.69, 9.17) is 4.74 Å². The van der Waals surface area contributed by atoms with Crippen molar-refractivity contribution in [1.82, 2.24) is 24.2 Å². The van der Waals surface area contributed by atoms with Gasteiger partial charge in [-0.3, -0.25) is 4.79 Å². The molecule has 3 heterocycles. The van der Waals surface area contributed by atoms with E-state index in [1.165, 1.54) is 23.0 Å². The number of H-pyrrole nitrogens is 1. The van der Waals surface area contributed by atoms with E-state index in [0.717, 1.165) is 17.8 Å². The molecule has 1 saturated heterocycles. The zero-order valence-electron chi connectivity index (χ0n) is 21.5. The average molecular weight is 549 g/mol. The summed E-state index contributed by atoms with van der Waals surface area (Å²) in [5.41, 5.74) is 3.23. The maximum Gasteiger partial charge on any atom is 0.252 e. The molecule has 202 valence electrons. The van der Waals surface area contributed by atoms with Crippen LogP contribution in [0.3, 0.4) is 0 Å². The lowest BCUT2D eigenvalue weighted by Gasteiger charge is -2.27. The second-order valence-corrected chi connectivity index (χ2v) is 11.1. The van der Waals surface area contributed by atoms with E-state index in [0.29, 0.717) is 41.6 Å². The van der Waals surface area contributed by atoms with Crippen molar-refractivity contribution in [3.05, 3.63) is 67.5 Å². The Balaban J connectivity index is 1.31. The first-order valence-corrected chi connectivity index (χ1v) is 14.0. The molecule has 13 heteroatoms. The van der Waals surface area contributed by atoms with Crippen LogP contribution in [0, 0.1) is 0 Å². The van der Waals surface area contributed by atoms with Crippen molar-refractivity contribution in [2.75, 3.05) is 41.9 Å². The van der Waals surface area contributed by atoms with E-state index in [-0.39, 0.29) is 17.8 Å². The highest BCUT2D eigenvalue weighted by atomic mass is 32.2. The second-order valence-electron chi connectivity index (χ2n) is 9.12. The minimum atomic E-state index is -3.19. The van der Waals surface area contributed by atoms with E-state index in [2.05, 4.69) is 42.0 Å². The number of ether oxygens (including phenoxy) is 1. The molecule has 0 aliphatic carbocycles. The number of benzene rings is 2. The number of fused-ring (bicyclic) bond motifs is 1. The Morgan fingerprint density at radius 3 is 2.72 bits per heavy atom. The largest absolute Gasteiger partial charge is 0.437 e. The number of aromatic nitrogens is 4. The molecule has 0 spiro atoms. The SMILES string of the molecule is C=CC(=O)Nc1cccc(Oc2nc(Nc3ccc(N(C)[C@H]4CCN(S(C)(=O)=O)C4)cc3)nc3[nH]cnc23)c1. The number of nitrogens with zero attached hydrogens (tertiary/aromatic N) is 5. The van der Waals surface area contributed by atoms with Crippen LogP contribution in [0.25, 0.3) is 11.2 Å². The molecule has 39 heavy (non-hydrogen) atoms. The van der Waals surface area contributed by atoms with Crippen LogP contribution < -0.4 is 20.3 Å². The summed E-state index contributed by atoms with van der Waals surface area (Å²) in [6, 6.07) is 14.7. The monoisotopic (exact) mass is 548 g/mol. The molecule has 4 aromatic rings. The van der Waals surface area contributed by atoms with Crippen molar-refractivity contribution >= 4 is 50.1 Å². The molecule has 1 fully saturated rings. The standard InChI is InChI=1S/C26H28N8O4S/c1-4-22(35)29-18-6-5-7-21(14-18)38-25-23-24(28-16-27-23)31-26(32-25)30-17-8-10-19(11-9-17)33(2)20-12-13-34(15-20)39(3,36)37/h4-11,14,16,20H,1,12-13,15H2,2-3H3,(H,29,35)(H2,27,28,30,31,32)/t20-/m0/s1. The molecule has 1 amide bonds. The van der Waals surface area contributed by atoms with E-state index >= 15 is 0 Å². The number of rotatable bonds is 9. The van der Waals surface area contributed by atoms with Crippen molar-refractivity contribution in [1.29, 1.82) is 0 Å². The topological polar surface area (TPSA) is 145 Å². The summed E-state index contributed by atoms with van der Waals surface area (Å²) < 4.78 is 31.3. The van der Waals surface area contributed by atoms with Gasteiger partial charge in [-0.05, 0) is 48.9 Å². The van der Waals surface area contributed by atoms with Crippen LogP contribution in [0.2, 0.25) is 0 Å². The number of anilines is 4. The molecular formula is C26H28N8O4S. The van der Waals surface area contributed by atoms with Gasteiger partial charge in [-0.15, -0.1) is 0 Å². The summed E-state index contributed by atoms with van der Waals surface area (Å²) in [4.78, 5) is 30.0. The molecule has 1 atom stereocenters. The van der Waals surface area contributed by atoms with Gasteiger partial charge in [0, 0.05) is 49.3 Å². The van der Waals surface area contributed by atoms with Crippen molar-refractivity contribution in [2.24, 2.45) is 0 Å². The van der Waals surface area contributed by atoms with Gasteiger partial charge in [0.1, 0.15) is 5.75 Å².